The topological polar surface area (TPSA) is 86.1 Å². The Bertz CT molecular complexity index is 559. The molecule has 0 aromatic heterocycles. The van der Waals surface area contributed by atoms with Crippen LogP contribution in [-0.2, 0) is 0 Å². The van der Waals surface area contributed by atoms with E-state index >= 15 is 0 Å². The summed E-state index contributed by atoms with van der Waals surface area (Å²) < 4.78 is 0. The van der Waals surface area contributed by atoms with Gasteiger partial charge in [-0.15, -0.1) is 0 Å². The van der Waals surface area contributed by atoms with E-state index in [0.29, 0.717) is 10.1 Å². The first-order valence-electron chi connectivity index (χ1n) is 4.92. The molecule has 1 aromatic rings. The Morgan fingerprint density at radius 1 is 1.33 bits per heavy atom. The predicted octanol–water partition coefficient (Wildman–Crippen LogP) is 1.60. The molecule has 0 saturated carbocycles. The van der Waals surface area contributed by atoms with E-state index in [4.69, 9.17) is 29.5 Å². The second kappa shape index (κ2) is 5.15. The predicted molar refractivity (Wildman–Crippen MR) is 73.2 cm³/mol. The van der Waals surface area contributed by atoms with E-state index in [1.165, 1.54) is 6.07 Å². The van der Waals surface area contributed by atoms with Crippen molar-refractivity contribution in [2.45, 2.75) is 6.17 Å². The second-order valence-corrected chi connectivity index (χ2v) is 4.25. The molecule has 1 fully saturated rings. The number of thiocarbonyl (C=S) groups is 2. The largest absolute Gasteiger partial charge is 0.478 e. The van der Waals surface area contributed by atoms with Crippen molar-refractivity contribution in [1.29, 1.82) is 0 Å². The van der Waals surface area contributed by atoms with Crippen molar-refractivity contribution >= 4 is 46.2 Å². The number of nitrogens with one attached hydrogen (secondary N) is 2. The van der Waals surface area contributed by atoms with Crippen molar-refractivity contribution in [3.8, 4) is 0 Å². The zero-order valence-electron chi connectivity index (χ0n) is 8.95. The standard InChI is InChI=1S/C10H8N4O2S2/c15-9(16)5-3-1-2-4-6(5)13-14-7-8(17)12-10(18)11-7/h1-4,7H,(H,15,16)(H2,11,12,17,18). The lowest BCUT2D eigenvalue weighted by Gasteiger charge is -2.02. The number of nitrogens with zero attached hydrogens (tertiary/aromatic N) is 2. The molecular formula is C10H8N4O2S2. The quantitative estimate of drug-likeness (QED) is 0.576. The van der Waals surface area contributed by atoms with E-state index in [-0.39, 0.29) is 11.3 Å². The molecule has 0 aliphatic carbocycles. The number of carbonyl (C=O) groups is 1. The van der Waals surface area contributed by atoms with Gasteiger partial charge in [0.15, 0.2) is 11.3 Å². The van der Waals surface area contributed by atoms with Gasteiger partial charge in [-0.05, 0) is 24.4 Å². The van der Waals surface area contributed by atoms with Gasteiger partial charge in [-0.25, -0.2) is 4.79 Å². The molecule has 1 atom stereocenters. The number of aromatic carboxylic acids is 1. The van der Waals surface area contributed by atoms with Crippen LogP contribution in [0.4, 0.5) is 5.69 Å². The summed E-state index contributed by atoms with van der Waals surface area (Å²) in [6, 6.07) is 6.33. The van der Waals surface area contributed by atoms with Crippen molar-refractivity contribution in [1.82, 2.24) is 10.6 Å². The normalized spacial score (nSPS) is 18.8. The van der Waals surface area contributed by atoms with Gasteiger partial charge in [0.05, 0.1) is 11.3 Å². The Morgan fingerprint density at radius 3 is 2.67 bits per heavy atom. The fraction of sp³-hybridized carbons (Fsp3) is 0.100. The van der Waals surface area contributed by atoms with Gasteiger partial charge < -0.3 is 15.7 Å². The molecule has 2 rings (SSSR count). The van der Waals surface area contributed by atoms with E-state index in [1.807, 2.05) is 0 Å². The summed E-state index contributed by atoms with van der Waals surface area (Å²) in [6.45, 7) is 0. The molecule has 1 unspecified atom stereocenters. The van der Waals surface area contributed by atoms with Gasteiger partial charge in [0.1, 0.15) is 4.99 Å². The van der Waals surface area contributed by atoms with E-state index in [1.54, 1.807) is 18.2 Å². The minimum absolute atomic E-state index is 0.0840. The van der Waals surface area contributed by atoms with Crippen LogP contribution in [0.2, 0.25) is 0 Å². The highest BCUT2D eigenvalue weighted by Crippen LogP contribution is 2.19. The Kier molecular flexibility index (Phi) is 3.58. The zero-order valence-corrected chi connectivity index (χ0v) is 10.6. The second-order valence-electron chi connectivity index (χ2n) is 3.40. The number of hydrogen-bond acceptors (Lipinski definition) is 5. The van der Waals surface area contributed by atoms with Gasteiger partial charge in [-0.2, -0.15) is 10.2 Å². The lowest BCUT2D eigenvalue weighted by molar-refractivity contribution is 0.0697. The number of rotatable bonds is 3. The summed E-state index contributed by atoms with van der Waals surface area (Å²) >= 11 is 9.85. The van der Waals surface area contributed by atoms with Crippen LogP contribution in [-0.4, -0.2) is 27.3 Å². The van der Waals surface area contributed by atoms with E-state index < -0.39 is 12.1 Å². The Hall–Kier alpha value is -1.93. The molecule has 1 heterocycles. The van der Waals surface area contributed by atoms with Crippen LogP contribution in [0, 0.1) is 0 Å². The van der Waals surface area contributed by atoms with Crippen molar-refractivity contribution < 1.29 is 9.90 Å². The molecule has 8 heteroatoms. The first-order valence-corrected chi connectivity index (χ1v) is 5.74. The molecular weight excluding hydrogens is 272 g/mol. The maximum absolute atomic E-state index is 11.0. The number of carboxylic acids is 1. The monoisotopic (exact) mass is 280 g/mol. The third-order valence-electron chi connectivity index (χ3n) is 2.17. The molecule has 1 aromatic carbocycles. The molecule has 0 spiro atoms. The summed E-state index contributed by atoms with van der Waals surface area (Å²) in [5.41, 5.74) is 0.355. The van der Waals surface area contributed by atoms with Crippen LogP contribution >= 0.6 is 24.4 Å². The Labute approximate surface area is 113 Å². The lowest BCUT2D eigenvalue weighted by atomic mass is 10.2. The Balaban J connectivity index is 2.21. The van der Waals surface area contributed by atoms with Crippen LogP contribution < -0.4 is 10.6 Å². The first kappa shape index (κ1) is 12.5. The van der Waals surface area contributed by atoms with Crippen molar-refractivity contribution in [3.63, 3.8) is 0 Å². The summed E-state index contributed by atoms with van der Waals surface area (Å²) in [6.07, 6.45) is -0.547. The van der Waals surface area contributed by atoms with E-state index in [0.717, 1.165) is 0 Å². The highest BCUT2D eigenvalue weighted by atomic mass is 32.1. The first-order chi connectivity index (χ1) is 8.58. The highest BCUT2D eigenvalue weighted by molar-refractivity contribution is 7.82. The minimum Gasteiger partial charge on any atom is -0.478 e. The average molecular weight is 280 g/mol. The number of hydrogen-bond donors (Lipinski definition) is 3. The molecule has 0 radical (unpaired) electrons. The third-order valence-corrected chi connectivity index (χ3v) is 2.71. The number of carboxylic acid groups (broad SMARTS) is 1. The van der Waals surface area contributed by atoms with Gasteiger partial charge in [-0.3, -0.25) is 0 Å². The average Bonchev–Trinajstić information content (AvgIpc) is 2.65. The maximum Gasteiger partial charge on any atom is 0.337 e. The summed E-state index contributed by atoms with van der Waals surface area (Å²) in [7, 11) is 0. The van der Waals surface area contributed by atoms with E-state index in [9.17, 15) is 4.79 Å². The maximum atomic E-state index is 11.0. The van der Waals surface area contributed by atoms with Crippen molar-refractivity contribution in [2.75, 3.05) is 0 Å². The minimum atomic E-state index is -1.06. The van der Waals surface area contributed by atoms with Gasteiger partial charge in [0, 0.05) is 0 Å². The summed E-state index contributed by atoms with van der Waals surface area (Å²) in [5.74, 6) is -1.06. The molecule has 1 aliphatic rings. The molecule has 92 valence electrons. The smallest absolute Gasteiger partial charge is 0.337 e. The number of benzene rings is 1. The van der Waals surface area contributed by atoms with Crippen molar-refractivity contribution in [2.24, 2.45) is 10.2 Å². The van der Waals surface area contributed by atoms with Crippen LogP contribution in [0.3, 0.4) is 0 Å². The molecule has 18 heavy (non-hydrogen) atoms. The summed E-state index contributed by atoms with van der Waals surface area (Å²) in [5, 5.41) is 22.7. The van der Waals surface area contributed by atoms with Crippen LogP contribution in [0.5, 0.6) is 0 Å². The lowest BCUT2D eigenvalue weighted by Crippen LogP contribution is -2.25. The number of azo groups is 1. The van der Waals surface area contributed by atoms with Crippen LogP contribution in [0.15, 0.2) is 34.5 Å². The molecule has 3 N–H and O–H groups in total. The van der Waals surface area contributed by atoms with E-state index in [2.05, 4.69) is 20.9 Å². The zero-order chi connectivity index (χ0) is 13.1. The molecule has 1 saturated heterocycles. The molecule has 0 amide bonds. The van der Waals surface area contributed by atoms with Crippen LogP contribution in [0.25, 0.3) is 0 Å². The van der Waals surface area contributed by atoms with Gasteiger partial charge >= 0.3 is 5.97 Å². The van der Waals surface area contributed by atoms with Gasteiger partial charge in [0.25, 0.3) is 0 Å². The SMILES string of the molecule is O=C(O)c1ccccc1N=NC1NC(=S)NC1=S. The fourth-order valence-corrected chi connectivity index (χ4v) is 1.84. The molecule has 0 bridgehead atoms. The third kappa shape index (κ3) is 2.66. The van der Waals surface area contributed by atoms with Crippen LogP contribution in [0.1, 0.15) is 10.4 Å². The Morgan fingerprint density at radius 2 is 2.06 bits per heavy atom. The van der Waals surface area contributed by atoms with Gasteiger partial charge in [0.2, 0.25) is 0 Å². The van der Waals surface area contributed by atoms with Gasteiger partial charge in [-0.1, -0.05) is 24.4 Å². The summed E-state index contributed by atoms with van der Waals surface area (Å²) in [4.78, 5) is 11.4. The molecule has 1 aliphatic heterocycles. The highest BCUT2D eigenvalue weighted by Gasteiger charge is 2.23. The fourth-order valence-electron chi connectivity index (χ4n) is 1.35. The van der Waals surface area contributed by atoms with Crippen molar-refractivity contribution in [3.05, 3.63) is 29.8 Å². The molecule has 6 nitrogen and oxygen atoms in total.